The first-order chi connectivity index (χ1) is 10.3. The summed E-state index contributed by atoms with van der Waals surface area (Å²) in [5.41, 5.74) is 0.896. The van der Waals surface area contributed by atoms with E-state index < -0.39 is 0 Å². The maximum atomic E-state index is 12.5. The average molecular weight is 280 g/mol. The van der Waals surface area contributed by atoms with E-state index in [2.05, 4.69) is 4.98 Å². The number of hydrogen-bond donors (Lipinski definition) is 0. The van der Waals surface area contributed by atoms with E-state index in [9.17, 15) is 10.1 Å². The Hall–Kier alpha value is -2.61. The normalized spacial score (nSPS) is 14.1. The minimum Gasteiger partial charge on any atom is -0.355 e. The molecule has 1 aliphatic heterocycles. The number of nitrogens with zero attached hydrogens (tertiary/aromatic N) is 4. The Morgan fingerprint density at radius 3 is 2.57 bits per heavy atom. The second-order valence-corrected chi connectivity index (χ2v) is 5.17. The van der Waals surface area contributed by atoms with Crippen LogP contribution < -0.4 is 10.5 Å². The molecule has 0 saturated carbocycles. The molecule has 1 fully saturated rings. The molecule has 0 radical (unpaired) electrons. The summed E-state index contributed by atoms with van der Waals surface area (Å²) in [4.78, 5) is 18.8. The lowest BCUT2D eigenvalue weighted by Gasteiger charge is -2.18. The fourth-order valence-electron chi connectivity index (χ4n) is 2.64. The molecule has 1 aromatic heterocycles. The molecule has 106 valence electrons. The fourth-order valence-corrected chi connectivity index (χ4v) is 2.64. The molecule has 2 heterocycles. The largest absolute Gasteiger partial charge is 0.355 e. The summed E-state index contributed by atoms with van der Waals surface area (Å²) in [6, 6.07) is 11.7. The topological polar surface area (TPSA) is 61.9 Å². The summed E-state index contributed by atoms with van der Waals surface area (Å²) < 4.78 is 1.49. The minimum atomic E-state index is -0.266. The van der Waals surface area contributed by atoms with Gasteiger partial charge in [0.25, 0.3) is 5.56 Å². The Balaban J connectivity index is 1.97. The van der Waals surface area contributed by atoms with Gasteiger partial charge in [0, 0.05) is 13.1 Å². The lowest BCUT2D eigenvalue weighted by Crippen LogP contribution is -2.29. The van der Waals surface area contributed by atoms with Crippen molar-refractivity contribution in [2.45, 2.75) is 19.4 Å². The van der Waals surface area contributed by atoms with Gasteiger partial charge in [-0.15, -0.1) is 0 Å². The smallest absolute Gasteiger partial charge is 0.273 e. The molecule has 0 atom stereocenters. The highest BCUT2D eigenvalue weighted by atomic mass is 16.1. The minimum absolute atomic E-state index is 0.148. The third kappa shape index (κ3) is 2.65. The molecule has 21 heavy (non-hydrogen) atoms. The lowest BCUT2D eigenvalue weighted by atomic mass is 10.2. The van der Waals surface area contributed by atoms with E-state index >= 15 is 0 Å². The Morgan fingerprint density at radius 2 is 1.90 bits per heavy atom. The summed E-state index contributed by atoms with van der Waals surface area (Å²) >= 11 is 0. The number of anilines is 1. The molecule has 0 amide bonds. The first-order valence-corrected chi connectivity index (χ1v) is 7.08. The van der Waals surface area contributed by atoms with Crippen LogP contribution in [0.5, 0.6) is 0 Å². The summed E-state index contributed by atoms with van der Waals surface area (Å²) in [6.45, 7) is 2.16. The number of rotatable bonds is 3. The zero-order chi connectivity index (χ0) is 14.7. The van der Waals surface area contributed by atoms with Crippen molar-refractivity contribution < 1.29 is 0 Å². The highest BCUT2D eigenvalue weighted by molar-refractivity contribution is 5.52. The molecular weight excluding hydrogens is 264 g/mol. The molecule has 3 rings (SSSR count). The van der Waals surface area contributed by atoms with Crippen molar-refractivity contribution >= 4 is 5.82 Å². The molecule has 5 nitrogen and oxygen atoms in total. The molecule has 5 heteroatoms. The van der Waals surface area contributed by atoms with Crippen LogP contribution in [0.15, 0.2) is 41.5 Å². The highest BCUT2D eigenvalue weighted by Gasteiger charge is 2.20. The van der Waals surface area contributed by atoms with Crippen LogP contribution in [0.4, 0.5) is 5.82 Å². The molecule has 0 aliphatic carbocycles. The molecule has 0 unspecified atom stereocenters. The Kier molecular flexibility index (Phi) is 3.69. The molecule has 0 spiro atoms. The second-order valence-electron chi connectivity index (χ2n) is 5.17. The van der Waals surface area contributed by atoms with Gasteiger partial charge in [-0.05, 0) is 18.4 Å². The van der Waals surface area contributed by atoms with Crippen LogP contribution in [0, 0.1) is 11.3 Å². The van der Waals surface area contributed by atoms with Crippen molar-refractivity contribution in [3.05, 3.63) is 58.1 Å². The Labute approximate surface area is 123 Å². The van der Waals surface area contributed by atoms with Crippen LogP contribution in [0.25, 0.3) is 0 Å². The van der Waals surface area contributed by atoms with Crippen LogP contribution >= 0.6 is 0 Å². The predicted octanol–water partition coefficient (Wildman–Crippen LogP) is 1.76. The van der Waals surface area contributed by atoms with Crippen molar-refractivity contribution in [3.8, 4) is 6.07 Å². The van der Waals surface area contributed by atoms with Crippen LogP contribution in [0.3, 0.4) is 0 Å². The molecule has 1 aliphatic rings. The number of benzene rings is 1. The maximum absolute atomic E-state index is 12.5. The van der Waals surface area contributed by atoms with E-state index in [1.54, 1.807) is 6.33 Å². The highest BCUT2D eigenvalue weighted by Crippen LogP contribution is 2.19. The summed E-state index contributed by atoms with van der Waals surface area (Å²) in [6.07, 6.45) is 3.71. The quantitative estimate of drug-likeness (QED) is 0.859. The summed E-state index contributed by atoms with van der Waals surface area (Å²) in [5.74, 6) is 0.532. The van der Waals surface area contributed by atoms with E-state index in [0.29, 0.717) is 12.4 Å². The SMILES string of the molecule is N#Cc1c(N2CCCC2)ncn(Cc2ccccc2)c1=O. The van der Waals surface area contributed by atoms with E-state index in [1.165, 1.54) is 4.57 Å². The molecular formula is C16H16N4O. The second kappa shape index (κ2) is 5.80. The van der Waals surface area contributed by atoms with Crippen LogP contribution in [0.1, 0.15) is 24.0 Å². The zero-order valence-corrected chi connectivity index (χ0v) is 11.7. The van der Waals surface area contributed by atoms with Gasteiger partial charge in [-0.25, -0.2) is 4.98 Å². The summed E-state index contributed by atoms with van der Waals surface area (Å²) in [7, 11) is 0. The first-order valence-electron chi connectivity index (χ1n) is 7.08. The average Bonchev–Trinajstić information content (AvgIpc) is 3.04. The van der Waals surface area contributed by atoms with Gasteiger partial charge in [0.05, 0.1) is 6.54 Å². The van der Waals surface area contributed by atoms with Crippen LogP contribution in [-0.4, -0.2) is 22.6 Å². The zero-order valence-electron chi connectivity index (χ0n) is 11.7. The number of aromatic nitrogens is 2. The number of hydrogen-bond acceptors (Lipinski definition) is 4. The van der Waals surface area contributed by atoms with Gasteiger partial charge < -0.3 is 4.90 Å². The van der Waals surface area contributed by atoms with Crippen molar-refractivity contribution in [1.82, 2.24) is 9.55 Å². The molecule has 0 bridgehead atoms. The van der Waals surface area contributed by atoms with Crippen molar-refractivity contribution in [3.63, 3.8) is 0 Å². The van der Waals surface area contributed by atoms with Gasteiger partial charge in [-0.1, -0.05) is 30.3 Å². The van der Waals surface area contributed by atoms with Crippen LogP contribution in [0.2, 0.25) is 0 Å². The molecule has 1 aromatic carbocycles. The maximum Gasteiger partial charge on any atom is 0.273 e. The standard InChI is InChI=1S/C16H16N4O/c17-10-14-15(19-8-4-5-9-19)18-12-20(16(14)21)11-13-6-2-1-3-7-13/h1-3,6-7,12H,4-5,8-9,11H2. The molecule has 2 aromatic rings. The van der Waals surface area contributed by atoms with E-state index in [4.69, 9.17) is 0 Å². The Morgan fingerprint density at radius 1 is 1.19 bits per heavy atom. The van der Waals surface area contributed by atoms with Gasteiger partial charge >= 0.3 is 0 Å². The monoisotopic (exact) mass is 280 g/mol. The van der Waals surface area contributed by atoms with E-state index in [1.807, 2.05) is 41.3 Å². The van der Waals surface area contributed by atoms with Crippen LogP contribution in [-0.2, 0) is 6.54 Å². The predicted molar refractivity (Wildman–Crippen MR) is 80.2 cm³/mol. The first kappa shape index (κ1) is 13.4. The lowest BCUT2D eigenvalue weighted by molar-refractivity contribution is 0.727. The van der Waals surface area contributed by atoms with Gasteiger partial charge in [0.1, 0.15) is 12.4 Å². The fraction of sp³-hybridized carbons (Fsp3) is 0.312. The van der Waals surface area contributed by atoms with Crippen molar-refractivity contribution in [1.29, 1.82) is 5.26 Å². The molecule has 0 N–H and O–H groups in total. The van der Waals surface area contributed by atoms with Gasteiger partial charge in [0.2, 0.25) is 0 Å². The molecule has 1 saturated heterocycles. The third-order valence-electron chi connectivity index (χ3n) is 3.73. The van der Waals surface area contributed by atoms with Gasteiger partial charge in [-0.2, -0.15) is 5.26 Å². The Bertz CT molecular complexity index is 724. The summed E-state index contributed by atoms with van der Waals surface area (Å²) in [5, 5.41) is 9.32. The van der Waals surface area contributed by atoms with Gasteiger partial charge in [-0.3, -0.25) is 9.36 Å². The van der Waals surface area contributed by atoms with Crippen molar-refractivity contribution in [2.24, 2.45) is 0 Å². The van der Waals surface area contributed by atoms with Crippen molar-refractivity contribution in [2.75, 3.05) is 18.0 Å². The van der Waals surface area contributed by atoms with E-state index in [0.717, 1.165) is 31.5 Å². The van der Waals surface area contributed by atoms with E-state index in [-0.39, 0.29) is 11.1 Å². The van der Waals surface area contributed by atoms with Gasteiger partial charge in [0.15, 0.2) is 11.4 Å². The number of nitriles is 1. The third-order valence-corrected chi connectivity index (χ3v) is 3.73.